The molecule has 0 aromatic heterocycles. The topological polar surface area (TPSA) is 12.0 Å². The van der Waals surface area contributed by atoms with Gasteiger partial charge in [-0.2, -0.15) is 0 Å². The van der Waals surface area contributed by atoms with Gasteiger partial charge in [0.15, 0.2) is 0 Å². The van der Waals surface area contributed by atoms with Gasteiger partial charge in [0.05, 0.1) is 11.1 Å². The molecule has 0 radical (unpaired) electrons. The monoisotopic (exact) mass is 331 g/mol. The van der Waals surface area contributed by atoms with Crippen molar-refractivity contribution in [2.24, 2.45) is 0 Å². The Labute approximate surface area is 132 Å². The van der Waals surface area contributed by atoms with Crippen molar-refractivity contribution in [1.82, 2.24) is 5.32 Å². The van der Waals surface area contributed by atoms with E-state index in [0.717, 1.165) is 5.56 Å². The summed E-state index contributed by atoms with van der Waals surface area (Å²) in [6.45, 7) is 2.64. The fourth-order valence-electron chi connectivity index (χ4n) is 2.07. The van der Waals surface area contributed by atoms with Gasteiger partial charge in [-0.25, -0.2) is 4.39 Å². The SMILES string of the molecule is CCNC(c1cc(Cl)ccc1Cl)c1cccc(F)c1Cl. The highest BCUT2D eigenvalue weighted by Crippen LogP contribution is 2.34. The number of halogens is 4. The first-order valence-electron chi connectivity index (χ1n) is 6.16. The molecule has 0 amide bonds. The lowest BCUT2D eigenvalue weighted by molar-refractivity contribution is 0.604. The zero-order chi connectivity index (χ0) is 14.7. The molecule has 1 unspecified atom stereocenters. The van der Waals surface area contributed by atoms with E-state index < -0.39 is 5.82 Å². The molecular formula is C15H13Cl3FN. The summed E-state index contributed by atoms with van der Waals surface area (Å²) in [7, 11) is 0. The molecule has 1 atom stereocenters. The zero-order valence-electron chi connectivity index (χ0n) is 10.8. The molecule has 2 aromatic carbocycles. The molecule has 0 fully saturated rings. The van der Waals surface area contributed by atoms with Crippen LogP contribution >= 0.6 is 34.8 Å². The second-order valence-corrected chi connectivity index (χ2v) is 5.52. The summed E-state index contributed by atoms with van der Waals surface area (Å²) in [5.74, 6) is -0.453. The molecule has 0 bridgehead atoms. The van der Waals surface area contributed by atoms with Crippen molar-refractivity contribution in [3.8, 4) is 0 Å². The average Bonchev–Trinajstić information content (AvgIpc) is 2.43. The molecular weight excluding hydrogens is 320 g/mol. The van der Waals surface area contributed by atoms with Gasteiger partial charge >= 0.3 is 0 Å². The summed E-state index contributed by atoms with van der Waals surface area (Å²) in [6.07, 6.45) is 0. The minimum absolute atomic E-state index is 0.0921. The maximum atomic E-state index is 13.7. The number of rotatable bonds is 4. The van der Waals surface area contributed by atoms with Crippen molar-refractivity contribution in [3.63, 3.8) is 0 Å². The molecule has 2 aromatic rings. The Morgan fingerprint density at radius 3 is 2.55 bits per heavy atom. The van der Waals surface area contributed by atoms with Gasteiger partial charge < -0.3 is 5.32 Å². The number of benzene rings is 2. The van der Waals surface area contributed by atoms with Crippen molar-refractivity contribution in [1.29, 1.82) is 0 Å². The van der Waals surface area contributed by atoms with Crippen LogP contribution in [0.25, 0.3) is 0 Å². The van der Waals surface area contributed by atoms with Crippen LogP contribution in [0.5, 0.6) is 0 Å². The lowest BCUT2D eigenvalue weighted by Crippen LogP contribution is -2.23. The predicted octanol–water partition coefficient (Wildman–Crippen LogP) is 5.48. The van der Waals surface area contributed by atoms with Gasteiger partial charge in [-0.05, 0) is 41.9 Å². The summed E-state index contributed by atoms with van der Waals surface area (Å²) in [4.78, 5) is 0. The Balaban J connectivity index is 2.56. The Morgan fingerprint density at radius 2 is 1.85 bits per heavy atom. The van der Waals surface area contributed by atoms with Gasteiger partial charge in [-0.3, -0.25) is 0 Å². The van der Waals surface area contributed by atoms with Gasteiger partial charge in [0.1, 0.15) is 5.82 Å². The molecule has 1 N–H and O–H groups in total. The molecule has 0 aliphatic heterocycles. The summed E-state index contributed by atoms with van der Waals surface area (Å²) < 4.78 is 13.7. The van der Waals surface area contributed by atoms with E-state index in [-0.39, 0.29) is 11.1 Å². The molecule has 20 heavy (non-hydrogen) atoms. The third-order valence-corrected chi connectivity index (χ3v) is 3.95. The lowest BCUT2D eigenvalue weighted by Gasteiger charge is -2.21. The molecule has 0 saturated heterocycles. The summed E-state index contributed by atoms with van der Waals surface area (Å²) >= 11 is 18.3. The first kappa shape index (κ1) is 15.6. The van der Waals surface area contributed by atoms with Crippen molar-refractivity contribution in [2.45, 2.75) is 13.0 Å². The molecule has 0 saturated carbocycles. The van der Waals surface area contributed by atoms with Gasteiger partial charge in [-0.15, -0.1) is 0 Å². The van der Waals surface area contributed by atoms with E-state index in [1.807, 2.05) is 6.92 Å². The minimum atomic E-state index is -0.453. The van der Waals surface area contributed by atoms with E-state index in [1.165, 1.54) is 6.07 Å². The Hall–Kier alpha value is -0.800. The van der Waals surface area contributed by atoms with Gasteiger partial charge in [0.25, 0.3) is 0 Å². The first-order chi connectivity index (χ1) is 9.54. The second-order valence-electron chi connectivity index (χ2n) is 4.30. The molecule has 0 aliphatic carbocycles. The predicted molar refractivity (Wildman–Crippen MR) is 83.4 cm³/mol. The maximum Gasteiger partial charge on any atom is 0.142 e. The molecule has 1 nitrogen and oxygen atoms in total. The third-order valence-electron chi connectivity index (χ3n) is 2.97. The van der Waals surface area contributed by atoms with Crippen LogP contribution in [0.3, 0.4) is 0 Å². The van der Waals surface area contributed by atoms with Gasteiger partial charge in [-0.1, -0.05) is 53.9 Å². The minimum Gasteiger partial charge on any atom is -0.306 e. The molecule has 5 heteroatoms. The summed E-state index contributed by atoms with van der Waals surface area (Å²) in [6, 6.07) is 9.61. The molecule has 0 spiro atoms. The van der Waals surface area contributed by atoms with Crippen LogP contribution in [0, 0.1) is 5.82 Å². The van der Waals surface area contributed by atoms with E-state index in [4.69, 9.17) is 34.8 Å². The number of hydrogen-bond donors (Lipinski definition) is 1. The van der Waals surface area contributed by atoms with Crippen LogP contribution in [-0.2, 0) is 0 Å². The van der Waals surface area contributed by atoms with Crippen LogP contribution in [-0.4, -0.2) is 6.54 Å². The van der Waals surface area contributed by atoms with E-state index in [2.05, 4.69) is 5.32 Å². The van der Waals surface area contributed by atoms with Crippen molar-refractivity contribution in [2.75, 3.05) is 6.54 Å². The summed E-state index contributed by atoms with van der Waals surface area (Å²) in [5, 5.41) is 4.47. The van der Waals surface area contributed by atoms with Gasteiger partial charge in [0.2, 0.25) is 0 Å². The Bertz CT molecular complexity index is 614. The fourth-order valence-corrected chi connectivity index (χ4v) is 2.71. The normalized spacial score (nSPS) is 12.4. The average molecular weight is 333 g/mol. The third kappa shape index (κ3) is 3.26. The van der Waals surface area contributed by atoms with Crippen LogP contribution in [0.15, 0.2) is 36.4 Å². The largest absolute Gasteiger partial charge is 0.306 e. The number of nitrogens with one attached hydrogen (secondary N) is 1. The van der Waals surface area contributed by atoms with E-state index >= 15 is 0 Å². The molecule has 0 heterocycles. The first-order valence-corrected chi connectivity index (χ1v) is 7.30. The maximum absolute atomic E-state index is 13.7. The highest BCUT2D eigenvalue weighted by molar-refractivity contribution is 6.34. The quantitative estimate of drug-likeness (QED) is 0.781. The smallest absolute Gasteiger partial charge is 0.142 e. The van der Waals surface area contributed by atoms with Crippen LogP contribution in [0.1, 0.15) is 24.1 Å². The van der Waals surface area contributed by atoms with Crippen LogP contribution in [0.4, 0.5) is 4.39 Å². The van der Waals surface area contributed by atoms with Gasteiger partial charge in [0, 0.05) is 10.0 Å². The number of hydrogen-bond acceptors (Lipinski definition) is 1. The van der Waals surface area contributed by atoms with Crippen molar-refractivity contribution < 1.29 is 4.39 Å². The fraction of sp³-hybridized carbons (Fsp3) is 0.200. The summed E-state index contributed by atoms with van der Waals surface area (Å²) in [5.41, 5.74) is 1.41. The standard InChI is InChI=1S/C15H13Cl3FN/c1-2-20-15(10-4-3-5-13(19)14(10)18)11-8-9(16)6-7-12(11)17/h3-8,15,20H,2H2,1H3. The molecule has 106 valence electrons. The van der Waals surface area contributed by atoms with E-state index in [0.29, 0.717) is 22.2 Å². The van der Waals surface area contributed by atoms with Crippen molar-refractivity contribution >= 4 is 34.8 Å². The zero-order valence-corrected chi connectivity index (χ0v) is 13.0. The van der Waals surface area contributed by atoms with E-state index in [9.17, 15) is 4.39 Å². The van der Waals surface area contributed by atoms with Crippen molar-refractivity contribution in [3.05, 3.63) is 68.4 Å². The van der Waals surface area contributed by atoms with Crippen LogP contribution < -0.4 is 5.32 Å². The Morgan fingerprint density at radius 1 is 1.10 bits per heavy atom. The highest BCUT2D eigenvalue weighted by Gasteiger charge is 2.20. The lowest BCUT2D eigenvalue weighted by atomic mass is 9.98. The molecule has 0 aliphatic rings. The van der Waals surface area contributed by atoms with E-state index in [1.54, 1.807) is 30.3 Å². The second kappa shape index (κ2) is 6.77. The van der Waals surface area contributed by atoms with Crippen LogP contribution in [0.2, 0.25) is 15.1 Å². The Kier molecular flexibility index (Phi) is 5.28. The highest BCUT2D eigenvalue weighted by atomic mass is 35.5. The molecule has 2 rings (SSSR count).